The zero-order valence-corrected chi connectivity index (χ0v) is 29.5. The van der Waals surface area contributed by atoms with Crippen LogP contribution in [0.4, 0.5) is 9.59 Å². The van der Waals surface area contributed by atoms with Gasteiger partial charge >= 0.3 is 12.2 Å². The first-order valence-corrected chi connectivity index (χ1v) is 16.5. The van der Waals surface area contributed by atoms with Crippen molar-refractivity contribution in [2.45, 2.75) is 96.8 Å². The van der Waals surface area contributed by atoms with Gasteiger partial charge in [-0.25, -0.2) is 9.59 Å². The van der Waals surface area contributed by atoms with E-state index in [9.17, 15) is 19.2 Å². The summed E-state index contributed by atoms with van der Waals surface area (Å²) < 4.78 is 22.0. The fourth-order valence-corrected chi connectivity index (χ4v) is 5.82. The number of rotatable bonds is 5. The maximum absolute atomic E-state index is 12.8. The van der Waals surface area contributed by atoms with Gasteiger partial charge in [-0.1, -0.05) is 6.07 Å². The number of likely N-dealkylation sites (N-methyl/N-ethyl adjacent to an activating group) is 1. The number of likely N-dealkylation sites (tertiary alicyclic amines) is 2. The van der Waals surface area contributed by atoms with Crippen LogP contribution in [0.15, 0.2) is 18.2 Å². The quantitative estimate of drug-likeness (QED) is 0.428. The first kappa shape index (κ1) is 37.7. The first-order valence-electron chi connectivity index (χ1n) is 16.5. The highest BCUT2D eigenvalue weighted by Crippen LogP contribution is 2.38. The minimum absolute atomic E-state index is 0.0406. The Morgan fingerprint density at radius 2 is 1.23 bits per heavy atom. The second kappa shape index (κ2) is 15.4. The highest BCUT2D eigenvalue weighted by Gasteiger charge is 2.42. The zero-order valence-electron chi connectivity index (χ0n) is 29.5. The summed E-state index contributed by atoms with van der Waals surface area (Å²) in [6, 6.07) is 5.96. The Morgan fingerprint density at radius 1 is 0.766 bits per heavy atom. The molecule has 4 rings (SSSR count). The molecular formula is C34H55N5O8. The van der Waals surface area contributed by atoms with Gasteiger partial charge in [0.25, 0.3) is 0 Å². The molecule has 47 heavy (non-hydrogen) atoms. The number of ether oxygens (including phenoxy) is 4. The van der Waals surface area contributed by atoms with Crippen LogP contribution in [-0.2, 0) is 25.5 Å². The Balaban J connectivity index is 0.000000287. The monoisotopic (exact) mass is 661 g/mol. The average molecular weight is 662 g/mol. The number of nitrogens with one attached hydrogen (secondary N) is 2. The molecular weight excluding hydrogens is 606 g/mol. The Kier molecular flexibility index (Phi) is 12.4. The predicted octanol–water partition coefficient (Wildman–Crippen LogP) is 3.61. The standard InChI is InChI=1S/C22H32N2O5.C12H23N3O3/c1-21(2,3)29-20(26)24-11-9-22(10-12-24,19(25)23-4)8-7-16-5-6-17-18(15-16)28-14-13-27-17;1-11(2,3)18-10(17)15-7-5-12(13,6-8-15)9(16)14-4/h5-6,15H,7-14H2,1-4H3,(H,23,25);5-8,13H2,1-4H3,(H,14,16). The van der Waals surface area contributed by atoms with Crippen molar-refractivity contribution in [3.05, 3.63) is 23.8 Å². The molecule has 0 radical (unpaired) electrons. The molecule has 4 amide bonds. The molecule has 2 fully saturated rings. The van der Waals surface area contributed by atoms with Crippen LogP contribution in [-0.4, -0.2) is 104 Å². The molecule has 1 aromatic rings. The van der Waals surface area contributed by atoms with Crippen LogP contribution >= 0.6 is 0 Å². The molecule has 3 aliphatic rings. The Morgan fingerprint density at radius 3 is 1.70 bits per heavy atom. The molecule has 0 unspecified atom stereocenters. The number of aryl methyl sites for hydroxylation is 1. The molecule has 0 aromatic heterocycles. The third-order valence-corrected chi connectivity index (χ3v) is 8.57. The van der Waals surface area contributed by atoms with Crippen LogP contribution in [0, 0.1) is 5.41 Å². The molecule has 264 valence electrons. The van der Waals surface area contributed by atoms with Crippen molar-refractivity contribution in [3.8, 4) is 11.5 Å². The van der Waals surface area contributed by atoms with Crippen LogP contribution in [0.3, 0.4) is 0 Å². The number of carbonyl (C=O) groups is 4. The van der Waals surface area contributed by atoms with Crippen molar-refractivity contribution >= 4 is 24.0 Å². The van der Waals surface area contributed by atoms with E-state index in [1.165, 1.54) is 0 Å². The Labute approximate surface area is 279 Å². The van der Waals surface area contributed by atoms with E-state index >= 15 is 0 Å². The fourth-order valence-electron chi connectivity index (χ4n) is 5.82. The summed E-state index contributed by atoms with van der Waals surface area (Å²) in [6.07, 6.45) is 2.96. The smallest absolute Gasteiger partial charge is 0.410 e. The summed E-state index contributed by atoms with van der Waals surface area (Å²) >= 11 is 0. The third-order valence-electron chi connectivity index (χ3n) is 8.57. The topological polar surface area (TPSA) is 162 Å². The van der Waals surface area contributed by atoms with E-state index in [0.29, 0.717) is 71.5 Å². The normalized spacial score (nSPS) is 18.6. The number of hydrogen-bond acceptors (Lipinski definition) is 9. The molecule has 0 spiro atoms. The average Bonchev–Trinajstić information content (AvgIpc) is 3.02. The Hall–Kier alpha value is -3.74. The van der Waals surface area contributed by atoms with E-state index in [1.807, 2.05) is 59.7 Å². The predicted molar refractivity (Wildman–Crippen MR) is 177 cm³/mol. The van der Waals surface area contributed by atoms with Gasteiger partial charge in [-0.15, -0.1) is 0 Å². The lowest BCUT2D eigenvalue weighted by Crippen LogP contribution is -2.59. The molecule has 2 saturated heterocycles. The molecule has 3 aliphatic heterocycles. The number of fused-ring (bicyclic) bond motifs is 1. The van der Waals surface area contributed by atoms with Gasteiger partial charge in [0.1, 0.15) is 24.4 Å². The lowest BCUT2D eigenvalue weighted by molar-refractivity contribution is -0.134. The molecule has 4 N–H and O–H groups in total. The number of hydrogen-bond donors (Lipinski definition) is 3. The van der Waals surface area contributed by atoms with Crippen LogP contribution in [0.2, 0.25) is 0 Å². The molecule has 0 bridgehead atoms. The second-order valence-electron chi connectivity index (χ2n) is 14.5. The molecule has 3 heterocycles. The van der Waals surface area contributed by atoms with E-state index in [2.05, 4.69) is 10.6 Å². The van der Waals surface area contributed by atoms with Gasteiger partial charge in [0.05, 0.1) is 11.0 Å². The maximum atomic E-state index is 12.8. The summed E-state index contributed by atoms with van der Waals surface area (Å²) in [7, 11) is 3.24. The van der Waals surface area contributed by atoms with E-state index < -0.39 is 22.2 Å². The lowest BCUT2D eigenvalue weighted by atomic mass is 9.73. The summed E-state index contributed by atoms with van der Waals surface area (Å²) in [6.45, 7) is 14.1. The van der Waals surface area contributed by atoms with Crippen molar-refractivity contribution in [1.29, 1.82) is 0 Å². The number of carbonyl (C=O) groups excluding carboxylic acids is 4. The van der Waals surface area contributed by atoms with Crippen molar-refractivity contribution in [3.63, 3.8) is 0 Å². The van der Waals surface area contributed by atoms with E-state index in [-0.39, 0.29) is 24.0 Å². The van der Waals surface area contributed by atoms with Crippen molar-refractivity contribution in [1.82, 2.24) is 20.4 Å². The van der Waals surface area contributed by atoms with Crippen molar-refractivity contribution in [2.75, 3.05) is 53.5 Å². The van der Waals surface area contributed by atoms with Gasteiger partial charge in [0.2, 0.25) is 11.8 Å². The molecule has 0 aliphatic carbocycles. The highest BCUT2D eigenvalue weighted by molar-refractivity contribution is 5.86. The number of piperidine rings is 2. The molecule has 13 heteroatoms. The van der Waals surface area contributed by atoms with Gasteiger partial charge in [0.15, 0.2) is 11.5 Å². The van der Waals surface area contributed by atoms with Gasteiger partial charge in [-0.05, 0) is 97.8 Å². The Bertz CT molecular complexity index is 1260. The molecule has 0 saturated carbocycles. The molecule has 0 atom stereocenters. The fraction of sp³-hybridized carbons (Fsp3) is 0.706. The van der Waals surface area contributed by atoms with Crippen LogP contribution < -0.4 is 25.8 Å². The number of amides is 4. The number of nitrogens with zero attached hydrogens (tertiary/aromatic N) is 2. The van der Waals surface area contributed by atoms with Gasteiger partial charge in [0, 0.05) is 40.3 Å². The lowest BCUT2D eigenvalue weighted by Gasteiger charge is -2.40. The maximum Gasteiger partial charge on any atom is 0.410 e. The first-order chi connectivity index (χ1) is 21.9. The SMILES string of the molecule is CNC(=O)C1(CCc2ccc3c(c2)OCCO3)CCN(C(=O)OC(C)(C)C)CC1.CNC(=O)C1(N)CCN(C(=O)OC(C)(C)C)CC1. The minimum Gasteiger partial charge on any atom is -0.486 e. The van der Waals surface area contributed by atoms with E-state index in [0.717, 1.165) is 23.5 Å². The highest BCUT2D eigenvalue weighted by atomic mass is 16.6. The summed E-state index contributed by atoms with van der Waals surface area (Å²) in [5.41, 5.74) is 4.75. The number of benzene rings is 1. The number of nitrogens with two attached hydrogens (primary N) is 1. The van der Waals surface area contributed by atoms with E-state index in [4.69, 9.17) is 24.7 Å². The molecule has 13 nitrogen and oxygen atoms in total. The zero-order chi connectivity index (χ0) is 35.0. The van der Waals surface area contributed by atoms with E-state index in [1.54, 1.807) is 23.9 Å². The van der Waals surface area contributed by atoms with Gasteiger partial charge in [-0.2, -0.15) is 0 Å². The van der Waals surface area contributed by atoms with Crippen LogP contribution in [0.1, 0.15) is 79.2 Å². The van der Waals surface area contributed by atoms with Gasteiger partial charge in [-0.3, -0.25) is 9.59 Å². The molecule has 1 aromatic carbocycles. The largest absolute Gasteiger partial charge is 0.486 e. The van der Waals surface area contributed by atoms with Crippen LogP contribution in [0.5, 0.6) is 11.5 Å². The third kappa shape index (κ3) is 10.6. The summed E-state index contributed by atoms with van der Waals surface area (Å²) in [5.74, 6) is 1.40. The van der Waals surface area contributed by atoms with Crippen LogP contribution in [0.25, 0.3) is 0 Å². The van der Waals surface area contributed by atoms with Crippen molar-refractivity contribution in [2.24, 2.45) is 11.1 Å². The van der Waals surface area contributed by atoms with Crippen molar-refractivity contribution < 1.29 is 38.1 Å². The minimum atomic E-state index is -0.868. The summed E-state index contributed by atoms with van der Waals surface area (Å²) in [5, 5.41) is 5.38. The van der Waals surface area contributed by atoms with Gasteiger partial charge < -0.3 is 45.1 Å². The summed E-state index contributed by atoms with van der Waals surface area (Å²) in [4.78, 5) is 51.9. The second-order valence-corrected chi connectivity index (χ2v) is 14.5.